The van der Waals surface area contributed by atoms with E-state index in [2.05, 4.69) is 11.2 Å². The fourth-order valence-electron chi connectivity index (χ4n) is 1.91. The van der Waals surface area contributed by atoms with Gasteiger partial charge < -0.3 is 10.2 Å². The molecular formula is C14H15N3O2. The molecule has 1 saturated heterocycles. The lowest BCUT2D eigenvalue weighted by Gasteiger charge is -2.18. The first kappa shape index (κ1) is 13.0. The lowest BCUT2D eigenvalue weighted by atomic mass is 10.2. The number of urea groups is 1. The predicted molar refractivity (Wildman–Crippen MR) is 70.8 cm³/mol. The van der Waals surface area contributed by atoms with Gasteiger partial charge in [0, 0.05) is 6.54 Å². The number of hydrogen-bond donors (Lipinski definition) is 1. The predicted octanol–water partition coefficient (Wildman–Crippen LogP) is 0.631. The number of carbonyl (C=O) groups excluding carboxylic acids is 2. The molecule has 1 aromatic rings. The van der Waals surface area contributed by atoms with E-state index in [-0.39, 0.29) is 25.0 Å². The summed E-state index contributed by atoms with van der Waals surface area (Å²) < 4.78 is 0. The molecule has 5 nitrogen and oxygen atoms in total. The third-order valence-corrected chi connectivity index (χ3v) is 2.87. The molecule has 0 saturated carbocycles. The van der Waals surface area contributed by atoms with Crippen LogP contribution in [0.1, 0.15) is 5.56 Å². The van der Waals surface area contributed by atoms with Gasteiger partial charge in [-0.25, -0.2) is 4.79 Å². The van der Waals surface area contributed by atoms with Crippen LogP contribution >= 0.6 is 0 Å². The van der Waals surface area contributed by atoms with Gasteiger partial charge in [0.05, 0.1) is 13.2 Å². The summed E-state index contributed by atoms with van der Waals surface area (Å²) >= 11 is 0. The van der Waals surface area contributed by atoms with Gasteiger partial charge >= 0.3 is 6.03 Å². The van der Waals surface area contributed by atoms with Crippen LogP contribution in [0.15, 0.2) is 30.3 Å². The molecule has 19 heavy (non-hydrogen) atoms. The monoisotopic (exact) mass is 257 g/mol. The third-order valence-electron chi connectivity index (χ3n) is 2.87. The Hall–Kier alpha value is -2.48. The fraction of sp³-hybridized carbons (Fsp3) is 0.286. The molecule has 0 aliphatic carbocycles. The van der Waals surface area contributed by atoms with Gasteiger partial charge in [-0.3, -0.25) is 9.69 Å². The second kappa shape index (κ2) is 5.91. The maximum Gasteiger partial charge on any atom is 0.320 e. The first-order valence-corrected chi connectivity index (χ1v) is 5.98. The molecule has 3 amide bonds. The summed E-state index contributed by atoms with van der Waals surface area (Å²) in [4.78, 5) is 26.6. The van der Waals surface area contributed by atoms with Crippen LogP contribution in [0.25, 0.3) is 0 Å². The minimum atomic E-state index is -0.304. The van der Waals surface area contributed by atoms with Crippen molar-refractivity contribution in [3.8, 4) is 12.3 Å². The van der Waals surface area contributed by atoms with E-state index < -0.39 is 0 Å². The third kappa shape index (κ3) is 3.26. The van der Waals surface area contributed by atoms with Crippen molar-refractivity contribution in [3.63, 3.8) is 0 Å². The second-order valence-electron chi connectivity index (χ2n) is 4.28. The van der Waals surface area contributed by atoms with Crippen LogP contribution in [0.4, 0.5) is 4.79 Å². The molecule has 1 N–H and O–H groups in total. The van der Waals surface area contributed by atoms with Crippen LogP contribution in [0.2, 0.25) is 0 Å². The zero-order valence-electron chi connectivity index (χ0n) is 10.5. The second-order valence-corrected chi connectivity index (χ2v) is 4.28. The first-order valence-electron chi connectivity index (χ1n) is 5.98. The van der Waals surface area contributed by atoms with E-state index in [1.54, 1.807) is 4.90 Å². The quantitative estimate of drug-likeness (QED) is 0.808. The Bertz CT molecular complexity index is 507. The average molecular weight is 257 g/mol. The normalized spacial score (nSPS) is 14.4. The largest absolute Gasteiger partial charge is 0.327 e. The smallest absolute Gasteiger partial charge is 0.320 e. The Morgan fingerprint density at radius 3 is 2.79 bits per heavy atom. The van der Waals surface area contributed by atoms with Gasteiger partial charge in [-0.15, -0.1) is 6.42 Å². The number of benzene rings is 1. The minimum Gasteiger partial charge on any atom is -0.327 e. The summed E-state index contributed by atoms with van der Waals surface area (Å²) in [5.74, 6) is 2.27. The van der Waals surface area contributed by atoms with Gasteiger partial charge in [0.1, 0.15) is 6.54 Å². The summed E-state index contributed by atoms with van der Waals surface area (Å²) in [7, 11) is 0. The van der Waals surface area contributed by atoms with Gasteiger partial charge in [0.2, 0.25) is 5.91 Å². The number of hydrogen-bond acceptors (Lipinski definition) is 2. The van der Waals surface area contributed by atoms with E-state index in [0.29, 0.717) is 13.2 Å². The van der Waals surface area contributed by atoms with Crippen LogP contribution in [0.3, 0.4) is 0 Å². The van der Waals surface area contributed by atoms with Crippen LogP contribution in [-0.2, 0) is 11.3 Å². The zero-order valence-corrected chi connectivity index (χ0v) is 10.5. The number of amides is 3. The van der Waals surface area contributed by atoms with Gasteiger partial charge in [-0.2, -0.15) is 0 Å². The highest BCUT2D eigenvalue weighted by atomic mass is 16.2. The Morgan fingerprint density at radius 2 is 2.11 bits per heavy atom. The van der Waals surface area contributed by atoms with Gasteiger partial charge in [-0.1, -0.05) is 36.3 Å². The van der Waals surface area contributed by atoms with Crippen molar-refractivity contribution in [1.82, 2.24) is 15.1 Å². The topological polar surface area (TPSA) is 52.7 Å². The number of terminal acetylenes is 1. The van der Waals surface area contributed by atoms with E-state index in [9.17, 15) is 9.59 Å². The van der Waals surface area contributed by atoms with Crippen molar-refractivity contribution < 1.29 is 9.59 Å². The number of nitrogens with one attached hydrogen (secondary N) is 1. The standard InChI is InChI=1S/C14H15N3O2/c1-2-8-15-14(19)17-10-13(18)16(11-17)9-12-6-4-3-5-7-12/h1,3-7H,8-11H2,(H,15,19). The molecule has 1 aromatic carbocycles. The van der Waals surface area contributed by atoms with Crippen molar-refractivity contribution in [2.45, 2.75) is 6.54 Å². The molecule has 1 fully saturated rings. The Kier molecular flexibility index (Phi) is 4.04. The van der Waals surface area contributed by atoms with Crippen LogP contribution in [-0.4, -0.2) is 41.5 Å². The first-order chi connectivity index (χ1) is 9.20. The SMILES string of the molecule is C#CCNC(=O)N1CC(=O)N(Cc2ccccc2)C1. The van der Waals surface area contributed by atoms with Crippen LogP contribution in [0, 0.1) is 12.3 Å². The van der Waals surface area contributed by atoms with Crippen molar-refractivity contribution in [2.75, 3.05) is 19.8 Å². The Labute approximate surface area is 112 Å². The molecule has 2 rings (SSSR count). The van der Waals surface area contributed by atoms with E-state index in [4.69, 9.17) is 6.42 Å². The molecule has 1 heterocycles. The molecule has 0 spiro atoms. The number of rotatable bonds is 3. The summed E-state index contributed by atoms with van der Waals surface area (Å²) in [6.45, 7) is 1.08. The van der Waals surface area contributed by atoms with Gasteiger partial charge in [0.15, 0.2) is 0 Å². The number of carbonyl (C=O) groups is 2. The van der Waals surface area contributed by atoms with Crippen molar-refractivity contribution in [1.29, 1.82) is 0 Å². The van der Waals surface area contributed by atoms with Gasteiger partial charge in [0.25, 0.3) is 0 Å². The fourth-order valence-corrected chi connectivity index (χ4v) is 1.91. The molecule has 0 radical (unpaired) electrons. The van der Waals surface area contributed by atoms with Crippen molar-refractivity contribution in [3.05, 3.63) is 35.9 Å². The highest BCUT2D eigenvalue weighted by Crippen LogP contribution is 2.11. The molecule has 0 atom stereocenters. The molecule has 0 unspecified atom stereocenters. The van der Waals surface area contributed by atoms with Gasteiger partial charge in [-0.05, 0) is 5.56 Å². The molecular weight excluding hydrogens is 242 g/mol. The number of nitrogens with zero attached hydrogens (tertiary/aromatic N) is 2. The van der Waals surface area contributed by atoms with Crippen molar-refractivity contribution >= 4 is 11.9 Å². The Balaban J connectivity index is 1.93. The van der Waals surface area contributed by atoms with E-state index in [1.807, 2.05) is 30.3 Å². The summed E-state index contributed by atoms with van der Waals surface area (Å²) in [5, 5.41) is 2.55. The summed E-state index contributed by atoms with van der Waals surface area (Å²) in [5.41, 5.74) is 1.04. The molecule has 0 bridgehead atoms. The highest BCUT2D eigenvalue weighted by molar-refractivity contribution is 5.87. The van der Waals surface area contributed by atoms with Crippen LogP contribution < -0.4 is 5.32 Å². The van der Waals surface area contributed by atoms with E-state index >= 15 is 0 Å². The molecule has 1 aliphatic heterocycles. The molecule has 1 aliphatic rings. The van der Waals surface area contributed by atoms with Crippen molar-refractivity contribution in [2.24, 2.45) is 0 Å². The summed E-state index contributed by atoms with van der Waals surface area (Å²) in [6.07, 6.45) is 5.07. The highest BCUT2D eigenvalue weighted by Gasteiger charge is 2.30. The van der Waals surface area contributed by atoms with E-state index in [0.717, 1.165) is 5.56 Å². The summed E-state index contributed by atoms with van der Waals surface area (Å²) in [6, 6.07) is 9.37. The Morgan fingerprint density at radius 1 is 1.37 bits per heavy atom. The average Bonchev–Trinajstić information content (AvgIpc) is 2.79. The maximum absolute atomic E-state index is 11.8. The lowest BCUT2D eigenvalue weighted by Crippen LogP contribution is -2.39. The zero-order chi connectivity index (χ0) is 13.7. The van der Waals surface area contributed by atoms with E-state index in [1.165, 1.54) is 4.90 Å². The molecule has 98 valence electrons. The minimum absolute atomic E-state index is 0.0558. The lowest BCUT2D eigenvalue weighted by molar-refractivity contribution is -0.127. The molecule has 5 heteroatoms. The van der Waals surface area contributed by atoms with Crippen LogP contribution in [0.5, 0.6) is 0 Å². The molecule has 0 aromatic heterocycles. The maximum atomic E-state index is 11.8.